The van der Waals surface area contributed by atoms with Crippen molar-refractivity contribution in [3.63, 3.8) is 0 Å². The number of allylic oxidation sites excluding steroid dienone is 1. The highest BCUT2D eigenvalue weighted by molar-refractivity contribution is 5.88. The summed E-state index contributed by atoms with van der Waals surface area (Å²) >= 11 is 0. The Morgan fingerprint density at radius 2 is 2.21 bits per heavy atom. The summed E-state index contributed by atoms with van der Waals surface area (Å²) < 4.78 is 0. The molecule has 1 N–H and O–H groups in total. The minimum atomic E-state index is 0.196. The van der Waals surface area contributed by atoms with Crippen molar-refractivity contribution in [1.82, 2.24) is 10.2 Å². The van der Waals surface area contributed by atoms with Gasteiger partial charge in [-0.15, -0.1) is 0 Å². The van der Waals surface area contributed by atoms with Gasteiger partial charge in [0.05, 0.1) is 0 Å². The first-order valence-electron chi connectivity index (χ1n) is 5.34. The van der Waals surface area contributed by atoms with Crippen LogP contribution in [0.15, 0.2) is 11.6 Å². The Morgan fingerprint density at radius 3 is 2.93 bits per heavy atom. The van der Waals surface area contributed by atoms with Gasteiger partial charge in [-0.05, 0) is 26.2 Å². The molecule has 0 aliphatic carbocycles. The van der Waals surface area contributed by atoms with Crippen molar-refractivity contribution in [2.24, 2.45) is 5.92 Å². The third kappa shape index (κ3) is 1.69. The lowest BCUT2D eigenvalue weighted by atomic mass is 10.1. The smallest absolute Gasteiger partial charge is 0.246 e. The van der Waals surface area contributed by atoms with E-state index < -0.39 is 0 Å². The number of hydrogen-bond acceptors (Lipinski definition) is 2. The number of amides is 1. The number of carbonyl (C=O) groups is 1. The lowest BCUT2D eigenvalue weighted by Crippen LogP contribution is -2.38. The van der Waals surface area contributed by atoms with Crippen LogP contribution in [-0.2, 0) is 4.79 Å². The van der Waals surface area contributed by atoms with Gasteiger partial charge >= 0.3 is 0 Å². The van der Waals surface area contributed by atoms with Crippen LogP contribution in [0.5, 0.6) is 0 Å². The number of carbonyl (C=O) groups excluding carboxylic acids is 1. The number of likely N-dealkylation sites (tertiary alicyclic amines) is 1. The molecule has 2 aliphatic heterocycles. The van der Waals surface area contributed by atoms with Crippen molar-refractivity contribution < 1.29 is 4.79 Å². The molecule has 2 fully saturated rings. The average Bonchev–Trinajstić information content (AvgIpc) is 2.59. The normalized spacial score (nSPS) is 30.3. The van der Waals surface area contributed by atoms with E-state index in [1.165, 1.54) is 6.42 Å². The molecule has 3 heteroatoms. The van der Waals surface area contributed by atoms with Gasteiger partial charge in [-0.1, -0.05) is 5.57 Å². The molecule has 2 rings (SSSR count). The molecule has 14 heavy (non-hydrogen) atoms. The van der Waals surface area contributed by atoms with Crippen LogP contribution in [-0.4, -0.2) is 36.5 Å². The molecular formula is C11H18N2O. The highest BCUT2D eigenvalue weighted by Crippen LogP contribution is 2.27. The van der Waals surface area contributed by atoms with Gasteiger partial charge in [-0.2, -0.15) is 0 Å². The number of fused-ring (bicyclic) bond motifs is 1. The molecule has 1 amide bonds. The van der Waals surface area contributed by atoms with Gasteiger partial charge in [-0.25, -0.2) is 0 Å². The zero-order chi connectivity index (χ0) is 10.1. The molecule has 0 aromatic rings. The molecule has 0 bridgehead atoms. The van der Waals surface area contributed by atoms with Gasteiger partial charge in [0.1, 0.15) is 0 Å². The van der Waals surface area contributed by atoms with Crippen molar-refractivity contribution in [3.05, 3.63) is 11.6 Å². The molecule has 0 aromatic carbocycles. The lowest BCUT2D eigenvalue weighted by molar-refractivity contribution is -0.126. The first-order chi connectivity index (χ1) is 6.68. The van der Waals surface area contributed by atoms with E-state index in [-0.39, 0.29) is 5.91 Å². The van der Waals surface area contributed by atoms with E-state index in [0.29, 0.717) is 12.0 Å². The van der Waals surface area contributed by atoms with Crippen LogP contribution in [0.25, 0.3) is 0 Å². The largest absolute Gasteiger partial charge is 0.335 e. The Morgan fingerprint density at radius 1 is 1.43 bits per heavy atom. The van der Waals surface area contributed by atoms with Gasteiger partial charge in [0.15, 0.2) is 0 Å². The van der Waals surface area contributed by atoms with Crippen LogP contribution in [0.3, 0.4) is 0 Å². The maximum absolute atomic E-state index is 11.8. The molecule has 2 atom stereocenters. The highest BCUT2D eigenvalue weighted by atomic mass is 16.2. The molecule has 3 nitrogen and oxygen atoms in total. The average molecular weight is 194 g/mol. The predicted octanol–water partition coefficient (Wildman–Crippen LogP) is 0.773. The van der Waals surface area contributed by atoms with E-state index in [2.05, 4.69) is 5.32 Å². The summed E-state index contributed by atoms with van der Waals surface area (Å²) in [6.45, 7) is 6.95. The van der Waals surface area contributed by atoms with E-state index in [1.54, 1.807) is 6.08 Å². The predicted molar refractivity (Wildman–Crippen MR) is 55.9 cm³/mol. The molecule has 0 aromatic heterocycles. The lowest BCUT2D eigenvalue weighted by Gasteiger charge is -2.21. The second-order valence-electron chi connectivity index (χ2n) is 4.53. The van der Waals surface area contributed by atoms with Crippen molar-refractivity contribution in [2.75, 3.05) is 19.6 Å². The minimum Gasteiger partial charge on any atom is -0.335 e. The van der Waals surface area contributed by atoms with E-state index in [0.717, 1.165) is 25.2 Å². The molecule has 2 aliphatic rings. The van der Waals surface area contributed by atoms with Crippen LogP contribution >= 0.6 is 0 Å². The van der Waals surface area contributed by atoms with Crippen LogP contribution in [0.2, 0.25) is 0 Å². The van der Waals surface area contributed by atoms with Crippen LogP contribution in [0.4, 0.5) is 0 Å². The van der Waals surface area contributed by atoms with Crippen molar-refractivity contribution in [3.8, 4) is 0 Å². The van der Waals surface area contributed by atoms with E-state index >= 15 is 0 Å². The molecular weight excluding hydrogens is 176 g/mol. The monoisotopic (exact) mass is 194 g/mol. The highest BCUT2D eigenvalue weighted by Gasteiger charge is 2.39. The summed E-state index contributed by atoms with van der Waals surface area (Å²) in [7, 11) is 0. The Balaban J connectivity index is 2.05. The topological polar surface area (TPSA) is 32.3 Å². The Hall–Kier alpha value is -0.830. The van der Waals surface area contributed by atoms with E-state index in [1.807, 2.05) is 18.7 Å². The van der Waals surface area contributed by atoms with Crippen LogP contribution in [0.1, 0.15) is 20.3 Å². The maximum atomic E-state index is 11.8. The third-order valence-electron chi connectivity index (χ3n) is 3.14. The van der Waals surface area contributed by atoms with Crippen LogP contribution < -0.4 is 5.32 Å². The zero-order valence-electron chi connectivity index (χ0n) is 8.92. The van der Waals surface area contributed by atoms with Gasteiger partial charge < -0.3 is 10.2 Å². The Labute approximate surface area is 85.2 Å². The van der Waals surface area contributed by atoms with Gasteiger partial charge in [0.2, 0.25) is 5.91 Å². The van der Waals surface area contributed by atoms with Crippen molar-refractivity contribution in [2.45, 2.75) is 26.3 Å². The first-order valence-corrected chi connectivity index (χ1v) is 5.34. The fourth-order valence-electron chi connectivity index (χ4n) is 2.45. The third-order valence-corrected chi connectivity index (χ3v) is 3.14. The van der Waals surface area contributed by atoms with E-state index in [4.69, 9.17) is 0 Å². The summed E-state index contributed by atoms with van der Waals surface area (Å²) in [5, 5.41) is 3.35. The molecule has 0 saturated carbocycles. The Kier molecular flexibility index (Phi) is 2.59. The number of nitrogens with one attached hydrogen (secondary N) is 1. The summed E-state index contributed by atoms with van der Waals surface area (Å²) in [6, 6.07) is 0.457. The minimum absolute atomic E-state index is 0.196. The fraction of sp³-hybridized carbons (Fsp3) is 0.727. The second kappa shape index (κ2) is 3.73. The maximum Gasteiger partial charge on any atom is 0.246 e. The molecule has 0 radical (unpaired) electrons. The summed E-state index contributed by atoms with van der Waals surface area (Å²) in [6.07, 6.45) is 2.92. The van der Waals surface area contributed by atoms with Gasteiger partial charge in [0, 0.05) is 31.8 Å². The first kappa shape index (κ1) is 9.71. The van der Waals surface area contributed by atoms with Crippen molar-refractivity contribution >= 4 is 5.91 Å². The zero-order valence-corrected chi connectivity index (χ0v) is 8.92. The molecule has 0 spiro atoms. The molecule has 2 heterocycles. The Bertz CT molecular complexity index is 268. The van der Waals surface area contributed by atoms with Crippen molar-refractivity contribution in [1.29, 1.82) is 0 Å². The van der Waals surface area contributed by atoms with E-state index in [9.17, 15) is 4.79 Å². The molecule has 78 valence electrons. The van der Waals surface area contributed by atoms with Gasteiger partial charge in [0.25, 0.3) is 0 Å². The van der Waals surface area contributed by atoms with Gasteiger partial charge in [-0.3, -0.25) is 4.79 Å². The fourth-order valence-corrected chi connectivity index (χ4v) is 2.45. The standard InChI is InChI=1S/C11H18N2O/c1-8(2)5-11(14)13-4-3-9-6-12-7-10(9)13/h5,9-10,12H,3-4,6-7H2,1-2H3. The van der Waals surface area contributed by atoms with Crippen LogP contribution in [0, 0.1) is 5.92 Å². The SMILES string of the molecule is CC(C)=CC(=O)N1CCC2CNCC21. The molecule has 2 unspecified atom stereocenters. The number of nitrogens with zero attached hydrogens (tertiary/aromatic N) is 1. The molecule has 2 saturated heterocycles. The quantitative estimate of drug-likeness (QED) is 0.625. The number of hydrogen-bond donors (Lipinski definition) is 1. The summed E-state index contributed by atoms with van der Waals surface area (Å²) in [5.41, 5.74) is 1.09. The second-order valence-corrected chi connectivity index (χ2v) is 4.53. The summed E-state index contributed by atoms with van der Waals surface area (Å²) in [5.74, 6) is 0.894. The summed E-state index contributed by atoms with van der Waals surface area (Å²) in [4.78, 5) is 13.8. The number of rotatable bonds is 1.